The molecule has 3 aliphatic rings. The summed E-state index contributed by atoms with van der Waals surface area (Å²) in [6.45, 7) is 1.56. The number of fused-ring (bicyclic) bond motifs is 5. The number of aromatic nitrogens is 2. The highest BCUT2D eigenvalue weighted by atomic mass is 16.7. The second kappa shape index (κ2) is 8.68. The summed E-state index contributed by atoms with van der Waals surface area (Å²) in [5.74, 6) is -2.47. The molecule has 0 amide bonds. The number of para-hydroxylation sites is 1. The summed E-state index contributed by atoms with van der Waals surface area (Å²) in [6.07, 6.45) is -9.61. The predicted molar refractivity (Wildman–Crippen MR) is 128 cm³/mol. The predicted octanol–water partition coefficient (Wildman–Crippen LogP) is -0.00390. The number of aliphatic hydroxyl groups is 3. The maximum atomic E-state index is 13.6. The number of ether oxygens (including phenoxy) is 3. The van der Waals surface area contributed by atoms with E-state index in [1.54, 1.807) is 17.6 Å². The molecule has 1 fully saturated rings. The number of rotatable bonds is 4. The van der Waals surface area contributed by atoms with Crippen molar-refractivity contribution in [3.63, 3.8) is 0 Å². The van der Waals surface area contributed by atoms with Gasteiger partial charge in [-0.1, -0.05) is 25.1 Å². The molecule has 0 radical (unpaired) electrons. The molecule has 12 nitrogen and oxygen atoms in total. The molecule has 4 N–H and O–H groups in total. The van der Waals surface area contributed by atoms with Crippen molar-refractivity contribution in [1.29, 1.82) is 0 Å². The summed E-state index contributed by atoms with van der Waals surface area (Å²) in [7, 11) is 0. The van der Waals surface area contributed by atoms with Crippen molar-refractivity contribution < 1.29 is 44.2 Å². The van der Waals surface area contributed by atoms with Gasteiger partial charge in [0, 0.05) is 16.5 Å². The van der Waals surface area contributed by atoms with Crippen LogP contribution in [0.15, 0.2) is 41.2 Å². The van der Waals surface area contributed by atoms with Crippen molar-refractivity contribution in [2.45, 2.75) is 62.8 Å². The Morgan fingerprint density at radius 2 is 1.92 bits per heavy atom. The van der Waals surface area contributed by atoms with Gasteiger partial charge in [0.2, 0.25) is 0 Å². The third-order valence-corrected chi connectivity index (χ3v) is 7.51. The van der Waals surface area contributed by atoms with Gasteiger partial charge in [0.25, 0.3) is 5.56 Å². The summed E-state index contributed by atoms with van der Waals surface area (Å²) in [4.78, 5) is 43.2. The van der Waals surface area contributed by atoms with Gasteiger partial charge in [-0.25, -0.2) is 14.6 Å². The molecule has 1 aromatic carbocycles. The maximum absolute atomic E-state index is 13.6. The normalized spacial score (nSPS) is 29.9. The number of esters is 1. The van der Waals surface area contributed by atoms with Crippen LogP contribution in [0.5, 0.6) is 0 Å². The third-order valence-electron chi connectivity index (χ3n) is 7.51. The van der Waals surface area contributed by atoms with Gasteiger partial charge in [-0.3, -0.25) is 4.79 Å². The fourth-order valence-electron chi connectivity index (χ4n) is 5.46. The first-order chi connectivity index (χ1) is 18.2. The van der Waals surface area contributed by atoms with Crippen molar-refractivity contribution in [2.24, 2.45) is 0 Å². The van der Waals surface area contributed by atoms with E-state index >= 15 is 0 Å². The van der Waals surface area contributed by atoms with Crippen LogP contribution < -0.4 is 5.56 Å². The molecule has 0 aliphatic carbocycles. The van der Waals surface area contributed by atoms with E-state index in [2.05, 4.69) is 0 Å². The van der Waals surface area contributed by atoms with E-state index in [0.29, 0.717) is 11.4 Å². The van der Waals surface area contributed by atoms with Gasteiger partial charge in [-0.05, 0) is 24.6 Å². The second-order valence-corrected chi connectivity index (χ2v) is 9.61. The Hall–Kier alpha value is -3.68. The first kappa shape index (κ1) is 24.6. The van der Waals surface area contributed by atoms with Crippen LogP contribution in [0.25, 0.3) is 22.3 Å². The molecule has 3 aromatic rings. The highest BCUT2D eigenvalue weighted by Crippen LogP contribution is 2.42. The van der Waals surface area contributed by atoms with Gasteiger partial charge in [-0.2, -0.15) is 0 Å². The van der Waals surface area contributed by atoms with E-state index in [0.717, 1.165) is 16.5 Å². The fraction of sp³-hybridized carbons (Fsp3) is 0.385. The molecule has 2 aromatic heterocycles. The van der Waals surface area contributed by atoms with Gasteiger partial charge >= 0.3 is 11.9 Å². The highest BCUT2D eigenvalue weighted by Gasteiger charge is 2.55. The zero-order chi connectivity index (χ0) is 26.9. The molecule has 0 bridgehead atoms. The van der Waals surface area contributed by atoms with Gasteiger partial charge in [0.15, 0.2) is 18.0 Å². The summed E-state index contributed by atoms with van der Waals surface area (Å²) >= 11 is 0. The van der Waals surface area contributed by atoms with Crippen LogP contribution >= 0.6 is 0 Å². The van der Waals surface area contributed by atoms with Crippen LogP contribution in [-0.4, -0.2) is 72.6 Å². The molecule has 12 heteroatoms. The lowest BCUT2D eigenvalue weighted by molar-refractivity contribution is -0.322. The Balaban J connectivity index is 1.48. The Morgan fingerprint density at radius 1 is 1.16 bits per heavy atom. The molecule has 5 heterocycles. The molecule has 1 saturated heterocycles. The first-order valence-electron chi connectivity index (χ1n) is 12.1. The number of cyclic esters (lactones) is 1. The van der Waals surface area contributed by atoms with Crippen LogP contribution in [0, 0.1) is 0 Å². The van der Waals surface area contributed by atoms with Crippen molar-refractivity contribution >= 4 is 22.8 Å². The highest BCUT2D eigenvalue weighted by molar-refractivity contribution is 5.86. The lowest BCUT2D eigenvalue weighted by Gasteiger charge is -2.44. The average Bonchev–Trinajstić information content (AvgIpc) is 3.26. The number of carboxylic acids is 1. The minimum atomic E-state index is -1.97. The lowest BCUT2D eigenvalue weighted by Crippen LogP contribution is -2.62. The van der Waals surface area contributed by atoms with Gasteiger partial charge in [0.05, 0.1) is 29.0 Å². The summed E-state index contributed by atoms with van der Waals surface area (Å²) in [5, 5.41) is 41.1. The molecule has 6 rings (SSSR count). The number of carboxylic acid groups (broad SMARTS) is 1. The molecule has 0 saturated carbocycles. The SMILES string of the molecule is CC[C@@]1(O[C@@H]2O[C@H](C(=O)O)[C@@H](O)[C@H](O)[C@H]2O)C(=O)OCc2c1cc1n(c2=O)Cc2cc3ccccc3nc2-1. The van der Waals surface area contributed by atoms with E-state index in [1.165, 1.54) is 0 Å². The van der Waals surface area contributed by atoms with Crippen LogP contribution in [0.1, 0.15) is 30.0 Å². The number of aliphatic hydroxyl groups excluding tert-OH is 3. The van der Waals surface area contributed by atoms with Crippen molar-refractivity contribution in [1.82, 2.24) is 9.55 Å². The topological polar surface area (TPSA) is 178 Å². The van der Waals surface area contributed by atoms with E-state index in [1.807, 2.05) is 30.3 Å². The standard InChI is InChI=1S/C26H24N2O10/c1-2-26(38-24-20(31)18(29)19(30)21(37-24)23(33)34)14-8-16-17-12(7-11-5-3-4-6-15(11)27-17)9-28(16)22(32)13(14)10-36-25(26)35/h3-8,18-21,24,29-31H,2,9-10H2,1H3,(H,33,34)/t18-,19-,20+,21-,24-,26-/m0/s1. The minimum Gasteiger partial charge on any atom is -0.479 e. The number of carbonyl (C=O) groups is 2. The Labute approximate surface area is 214 Å². The second-order valence-electron chi connectivity index (χ2n) is 9.61. The maximum Gasteiger partial charge on any atom is 0.343 e. The van der Waals surface area contributed by atoms with E-state index in [4.69, 9.17) is 19.2 Å². The Morgan fingerprint density at radius 3 is 2.66 bits per heavy atom. The molecule has 3 aliphatic heterocycles. The molecular weight excluding hydrogens is 500 g/mol. The lowest BCUT2D eigenvalue weighted by atomic mass is 9.85. The smallest absolute Gasteiger partial charge is 0.343 e. The van der Waals surface area contributed by atoms with Gasteiger partial charge < -0.3 is 39.2 Å². The first-order valence-corrected chi connectivity index (χ1v) is 12.1. The van der Waals surface area contributed by atoms with Gasteiger partial charge in [-0.15, -0.1) is 0 Å². The van der Waals surface area contributed by atoms with Crippen molar-refractivity contribution in [3.05, 3.63) is 63.4 Å². The quantitative estimate of drug-likeness (QED) is 0.264. The number of carbonyl (C=O) groups excluding carboxylic acids is 1. The number of aliphatic carboxylic acids is 1. The number of hydrogen-bond donors (Lipinski definition) is 4. The molecule has 6 atom stereocenters. The van der Waals surface area contributed by atoms with Crippen LogP contribution in [0.4, 0.5) is 0 Å². The fourth-order valence-corrected chi connectivity index (χ4v) is 5.46. The van der Waals surface area contributed by atoms with E-state index in [-0.39, 0.29) is 30.7 Å². The number of hydrogen-bond acceptors (Lipinski definition) is 10. The summed E-state index contributed by atoms with van der Waals surface area (Å²) in [6, 6.07) is 11.1. The Kier molecular flexibility index (Phi) is 5.63. The van der Waals surface area contributed by atoms with Crippen LogP contribution in [0.3, 0.4) is 0 Å². The van der Waals surface area contributed by atoms with Crippen LogP contribution in [-0.2, 0) is 42.6 Å². The van der Waals surface area contributed by atoms with E-state index < -0.39 is 53.8 Å². The van der Waals surface area contributed by atoms with E-state index in [9.17, 15) is 34.8 Å². The van der Waals surface area contributed by atoms with Crippen LogP contribution in [0.2, 0.25) is 0 Å². The monoisotopic (exact) mass is 524 g/mol. The molecule has 198 valence electrons. The number of benzene rings is 1. The number of pyridine rings is 2. The molecule has 0 unspecified atom stereocenters. The zero-order valence-corrected chi connectivity index (χ0v) is 20.1. The number of nitrogens with zero attached hydrogens (tertiary/aromatic N) is 2. The average molecular weight is 524 g/mol. The molecular formula is C26H24N2O10. The molecule has 38 heavy (non-hydrogen) atoms. The van der Waals surface area contributed by atoms with Crippen molar-refractivity contribution in [2.75, 3.05) is 0 Å². The van der Waals surface area contributed by atoms with Gasteiger partial charge in [0.1, 0.15) is 24.9 Å². The van der Waals surface area contributed by atoms with Crippen molar-refractivity contribution in [3.8, 4) is 11.4 Å². The summed E-state index contributed by atoms with van der Waals surface area (Å²) in [5.41, 5.74) is 0.558. The summed E-state index contributed by atoms with van der Waals surface area (Å²) < 4.78 is 18.1. The Bertz CT molecular complexity index is 1550. The zero-order valence-electron chi connectivity index (χ0n) is 20.1. The third kappa shape index (κ3) is 3.42. The molecule has 0 spiro atoms. The largest absolute Gasteiger partial charge is 0.479 e. The minimum absolute atomic E-state index is 0.0807.